The summed E-state index contributed by atoms with van der Waals surface area (Å²) in [5.41, 5.74) is 9.70. The molecule has 0 aliphatic heterocycles. The van der Waals surface area contributed by atoms with Crippen LogP contribution in [0.5, 0.6) is 0 Å². The molecule has 6 N–H and O–H groups in total. The molecule has 0 bridgehead atoms. The average molecular weight is 774 g/mol. The Morgan fingerprint density at radius 1 is 1.11 bits per heavy atom. The zero-order chi connectivity index (χ0) is 34.6. The van der Waals surface area contributed by atoms with Gasteiger partial charge >= 0.3 is 18.8 Å². The Morgan fingerprint density at radius 3 is 2.20 bits per heavy atom. The molecule has 10 nitrogen and oxygen atoms in total. The summed E-state index contributed by atoms with van der Waals surface area (Å²) in [6.07, 6.45) is -9.87. The third-order valence-corrected chi connectivity index (χ3v) is 7.73. The Balaban J connectivity index is 1.94. The first-order valence-electron chi connectivity index (χ1n) is 13.4. The van der Waals surface area contributed by atoms with E-state index in [0.29, 0.717) is 24.4 Å². The standard InChI is InChI=1S/C28H30F7IN6O4/c1-27(2,28(33,34)35)23(46-26(38)45)24(44)40-41(13-22(43)20(37)9-14-3-5-16(36)6-4-14)12-17-18(29)10-15(11-19(17)30)21-7-8-42(39-21)25(31)32/h3-8,10-11,20,22-23,25,43H,9,12-13,37H2,1-2H3,(H2,38,45)(H,40,44)/t20-,22-,23+/m0/s1. The average Bonchev–Trinajstić information content (AvgIpc) is 3.45. The monoisotopic (exact) mass is 774 g/mol. The first-order valence-corrected chi connectivity index (χ1v) is 14.5. The van der Waals surface area contributed by atoms with Gasteiger partial charge in [0.05, 0.1) is 11.8 Å². The van der Waals surface area contributed by atoms with Crippen molar-refractivity contribution in [3.05, 3.63) is 75.0 Å². The number of aliphatic hydroxyl groups excluding tert-OH is 1. The molecule has 0 spiro atoms. The second-order valence-corrected chi connectivity index (χ2v) is 12.1. The molecule has 0 aliphatic rings. The summed E-state index contributed by atoms with van der Waals surface area (Å²) in [5.74, 6) is -4.05. The fourth-order valence-electron chi connectivity index (χ4n) is 4.24. The van der Waals surface area contributed by atoms with Crippen LogP contribution in [0.3, 0.4) is 0 Å². The van der Waals surface area contributed by atoms with Crippen molar-refractivity contribution in [1.82, 2.24) is 20.2 Å². The molecule has 2 amide bonds. The summed E-state index contributed by atoms with van der Waals surface area (Å²) in [4.78, 5) is 24.6. The van der Waals surface area contributed by atoms with Crippen LogP contribution in [0.4, 0.5) is 35.5 Å². The summed E-state index contributed by atoms with van der Waals surface area (Å²) < 4.78 is 104. The Kier molecular flexibility index (Phi) is 12.0. The molecule has 252 valence electrons. The molecule has 0 saturated heterocycles. The first-order chi connectivity index (χ1) is 21.3. The minimum Gasteiger partial charge on any atom is -0.435 e. The molecular formula is C28H30F7IN6O4. The van der Waals surface area contributed by atoms with Gasteiger partial charge in [-0.25, -0.2) is 23.3 Å². The number of alkyl halides is 5. The molecule has 0 aliphatic carbocycles. The molecule has 46 heavy (non-hydrogen) atoms. The maximum absolute atomic E-state index is 15.3. The normalized spacial score (nSPS) is 14.3. The number of rotatable bonds is 13. The fraction of sp³-hybridized carbons (Fsp3) is 0.393. The SMILES string of the molecule is CC(C)([C@H](OC(N)=O)C(=O)NN(Cc1c(F)cc(-c2ccn(C(F)F)n2)cc1F)C[C@H](O)[C@@H](N)Cc1ccc(I)cc1)C(F)(F)F. The molecule has 1 heterocycles. The first kappa shape index (κ1) is 37.0. The number of benzene rings is 2. The van der Waals surface area contributed by atoms with Crippen LogP contribution in [-0.2, 0) is 22.5 Å². The Morgan fingerprint density at radius 2 is 1.70 bits per heavy atom. The molecule has 3 rings (SSSR count). The van der Waals surface area contributed by atoms with Crippen molar-refractivity contribution < 1.29 is 50.2 Å². The van der Waals surface area contributed by atoms with Crippen LogP contribution in [0.2, 0.25) is 0 Å². The number of carbonyl (C=O) groups excluding carboxylic acids is 2. The maximum atomic E-state index is 15.3. The van der Waals surface area contributed by atoms with Crippen LogP contribution in [0.1, 0.15) is 31.5 Å². The Bertz CT molecular complexity index is 1500. The van der Waals surface area contributed by atoms with Gasteiger partial charge in [0.25, 0.3) is 5.91 Å². The predicted molar refractivity (Wildman–Crippen MR) is 159 cm³/mol. The van der Waals surface area contributed by atoms with Crippen molar-refractivity contribution >= 4 is 34.6 Å². The molecule has 3 aromatic rings. The minimum absolute atomic E-state index is 0.108. The third-order valence-electron chi connectivity index (χ3n) is 7.01. The molecular weight excluding hydrogens is 744 g/mol. The number of nitrogens with one attached hydrogen (secondary N) is 1. The van der Waals surface area contributed by atoms with Crippen LogP contribution in [-0.4, -0.2) is 62.9 Å². The highest BCUT2D eigenvalue weighted by molar-refractivity contribution is 14.1. The van der Waals surface area contributed by atoms with Crippen LogP contribution in [0.25, 0.3) is 11.3 Å². The van der Waals surface area contributed by atoms with E-state index in [2.05, 4.69) is 32.4 Å². The fourth-order valence-corrected chi connectivity index (χ4v) is 4.60. The predicted octanol–water partition coefficient (Wildman–Crippen LogP) is 4.64. The van der Waals surface area contributed by atoms with Gasteiger partial charge in [-0.15, -0.1) is 0 Å². The van der Waals surface area contributed by atoms with Crippen LogP contribution >= 0.6 is 22.6 Å². The van der Waals surface area contributed by atoms with Crippen molar-refractivity contribution in [3.8, 4) is 11.3 Å². The number of carbonyl (C=O) groups is 2. The highest BCUT2D eigenvalue weighted by atomic mass is 127. The van der Waals surface area contributed by atoms with E-state index in [1.54, 1.807) is 24.3 Å². The zero-order valence-corrected chi connectivity index (χ0v) is 26.4. The van der Waals surface area contributed by atoms with Gasteiger partial charge in [0.1, 0.15) is 17.0 Å². The molecule has 1 aromatic heterocycles. The number of hydrogen-bond acceptors (Lipinski definition) is 7. The van der Waals surface area contributed by atoms with Gasteiger partial charge in [-0.3, -0.25) is 10.2 Å². The topological polar surface area (TPSA) is 149 Å². The molecule has 0 unspecified atom stereocenters. The van der Waals surface area contributed by atoms with Crippen molar-refractivity contribution in [2.24, 2.45) is 16.9 Å². The second kappa shape index (κ2) is 14.9. The van der Waals surface area contributed by atoms with E-state index in [4.69, 9.17) is 11.5 Å². The molecule has 0 radical (unpaired) electrons. The number of aliphatic hydroxyl groups is 1. The van der Waals surface area contributed by atoms with E-state index in [-0.39, 0.29) is 22.4 Å². The summed E-state index contributed by atoms with van der Waals surface area (Å²) in [6.45, 7) is -3.40. The van der Waals surface area contributed by atoms with Gasteiger partial charge in [0, 0.05) is 40.0 Å². The number of aromatic nitrogens is 2. The van der Waals surface area contributed by atoms with E-state index in [1.165, 1.54) is 0 Å². The lowest BCUT2D eigenvalue weighted by Crippen LogP contribution is -2.58. The zero-order valence-electron chi connectivity index (χ0n) is 24.2. The van der Waals surface area contributed by atoms with Gasteiger partial charge in [-0.2, -0.15) is 27.1 Å². The molecule has 0 fully saturated rings. The van der Waals surface area contributed by atoms with Crippen molar-refractivity contribution in [2.75, 3.05) is 6.54 Å². The van der Waals surface area contributed by atoms with Crippen LogP contribution in [0.15, 0.2) is 48.7 Å². The van der Waals surface area contributed by atoms with Gasteiger partial charge in [0.2, 0.25) is 0 Å². The van der Waals surface area contributed by atoms with Crippen LogP contribution < -0.4 is 16.9 Å². The van der Waals surface area contributed by atoms with E-state index in [1.807, 2.05) is 5.43 Å². The van der Waals surface area contributed by atoms with E-state index >= 15 is 8.78 Å². The van der Waals surface area contributed by atoms with Crippen molar-refractivity contribution in [1.29, 1.82) is 0 Å². The maximum Gasteiger partial charge on any atom is 0.405 e. The number of hydrazine groups is 1. The smallest absolute Gasteiger partial charge is 0.405 e. The largest absolute Gasteiger partial charge is 0.435 e. The summed E-state index contributed by atoms with van der Waals surface area (Å²) in [5, 5.41) is 15.1. The van der Waals surface area contributed by atoms with Gasteiger partial charge < -0.3 is 21.3 Å². The summed E-state index contributed by atoms with van der Waals surface area (Å²) in [7, 11) is 0. The van der Waals surface area contributed by atoms with Gasteiger partial charge in [0.15, 0.2) is 6.10 Å². The highest BCUT2D eigenvalue weighted by Crippen LogP contribution is 2.41. The lowest BCUT2D eigenvalue weighted by atomic mass is 9.85. The molecule has 2 aromatic carbocycles. The number of amides is 2. The van der Waals surface area contributed by atoms with Gasteiger partial charge in [-0.05, 0) is 78.8 Å². The summed E-state index contributed by atoms with van der Waals surface area (Å²) >= 11 is 2.08. The van der Waals surface area contributed by atoms with Crippen molar-refractivity contribution in [2.45, 2.75) is 57.8 Å². The summed E-state index contributed by atoms with van der Waals surface area (Å²) in [6, 6.07) is 8.70. The molecule has 0 saturated carbocycles. The van der Waals surface area contributed by atoms with E-state index < -0.39 is 78.7 Å². The van der Waals surface area contributed by atoms with E-state index in [0.717, 1.165) is 28.0 Å². The van der Waals surface area contributed by atoms with Crippen molar-refractivity contribution in [3.63, 3.8) is 0 Å². The lowest BCUT2D eigenvalue weighted by molar-refractivity contribution is -0.239. The van der Waals surface area contributed by atoms with E-state index in [9.17, 15) is 36.6 Å². The lowest BCUT2D eigenvalue weighted by Gasteiger charge is -2.36. The number of nitrogens with zero attached hydrogens (tertiary/aromatic N) is 3. The number of nitrogens with two attached hydrogens (primary N) is 2. The number of halogens is 8. The quantitative estimate of drug-likeness (QED) is 0.112. The Labute approximate surface area is 272 Å². The van der Waals surface area contributed by atoms with Crippen LogP contribution in [0, 0.1) is 20.6 Å². The number of primary amides is 1. The van der Waals surface area contributed by atoms with Gasteiger partial charge in [-0.1, -0.05) is 12.1 Å². The number of hydrogen-bond donors (Lipinski definition) is 4. The second-order valence-electron chi connectivity index (χ2n) is 10.8. The third kappa shape index (κ3) is 9.29. The highest BCUT2D eigenvalue weighted by Gasteiger charge is 2.57. The minimum atomic E-state index is -5.09. The Hall–Kier alpha value is -3.49. The molecule has 18 heteroatoms. The number of ether oxygens (including phenoxy) is 1. The molecule has 3 atom stereocenters.